The minimum atomic E-state index is -0.969. The summed E-state index contributed by atoms with van der Waals surface area (Å²) in [6.45, 7) is 13.2. The minimum Gasteiger partial charge on any atom is -0.480 e. The van der Waals surface area contributed by atoms with Crippen LogP contribution in [0.5, 0.6) is 0 Å². The van der Waals surface area contributed by atoms with Gasteiger partial charge in [0.25, 0.3) is 5.56 Å². The molecule has 1 unspecified atom stereocenters. The molecule has 2 aliphatic rings. The zero-order chi connectivity index (χ0) is 25.3. The average molecular weight is 493 g/mol. The van der Waals surface area contributed by atoms with Gasteiger partial charge in [0.1, 0.15) is 11.7 Å². The molecule has 0 amide bonds. The minimum absolute atomic E-state index is 0.0196. The Balaban J connectivity index is 1.63. The first-order chi connectivity index (χ1) is 16.3. The van der Waals surface area contributed by atoms with E-state index in [0.29, 0.717) is 17.4 Å². The van der Waals surface area contributed by atoms with Crippen LogP contribution >= 0.6 is 11.8 Å². The summed E-state index contributed by atoms with van der Waals surface area (Å²) >= 11 is 1.45. The lowest BCUT2D eigenvalue weighted by Gasteiger charge is -2.25. The van der Waals surface area contributed by atoms with Crippen LogP contribution in [-0.2, 0) is 15.6 Å². The van der Waals surface area contributed by atoms with Gasteiger partial charge >= 0.3 is 5.97 Å². The fourth-order valence-electron chi connectivity index (χ4n) is 4.62. The SMILES string of the molecule is CC(C)(C)c1cc(-c2cc(-c3cc(=O)n4c(c3C3CC3)SCC4C(=O)O)on2)cc(C(C)(C)C)c1. The van der Waals surface area contributed by atoms with Crippen LogP contribution < -0.4 is 5.56 Å². The number of carboxylic acid groups (broad SMARTS) is 1. The van der Waals surface area contributed by atoms with Gasteiger partial charge in [0.05, 0.1) is 5.03 Å². The summed E-state index contributed by atoms with van der Waals surface area (Å²) < 4.78 is 7.29. The Bertz CT molecular complexity index is 1350. The van der Waals surface area contributed by atoms with Gasteiger partial charge in [-0.25, -0.2) is 4.79 Å². The first kappa shape index (κ1) is 23.9. The summed E-state index contributed by atoms with van der Waals surface area (Å²) in [7, 11) is 0. The van der Waals surface area contributed by atoms with Crippen LogP contribution in [0.4, 0.5) is 0 Å². The van der Waals surface area contributed by atoms with Crippen LogP contribution in [0.1, 0.15) is 83.0 Å². The standard InChI is InChI=1S/C28H32N2O4S/c1-27(2,3)17-9-16(10-18(11-17)28(4,5)6)20-13-22(34-29-20)19-12-23(31)30-21(26(32)33)14-35-25(30)24(19)15-7-8-15/h9-13,15,21H,7-8,14H2,1-6H3,(H,32,33). The number of aromatic nitrogens is 2. The highest BCUT2D eigenvalue weighted by molar-refractivity contribution is 7.99. The van der Waals surface area contributed by atoms with Crippen LogP contribution in [0.2, 0.25) is 0 Å². The molecule has 3 aromatic rings. The topological polar surface area (TPSA) is 85.3 Å². The van der Waals surface area contributed by atoms with Crippen molar-refractivity contribution in [2.24, 2.45) is 0 Å². The number of hydrogen-bond acceptors (Lipinski definition) is 5. The van der Waals surface area contributed by atoms with Gasteiger partial charge in [-0.15, -0.1) is 11.8 Å². The summed E-state index contributed by atoms with van der Waals surface area (Å²) in [4.78, 5) is 24.7. The molecule has 5 rings (SSSR count). The Hall–Kier alpha value is -2.80. The molecule has 35 heavy (non-hydrogen) atoms. The van der Waals surface area contributed by atoms with Crippen molar-refractivity contribution < 1.29 is 14.4 Å². The predicted molar refractivity (Wildman–Crippen MR) is 138 cm³/mol. The van der Waals surface area contributed by atoms with Crippen LogP contribution in [-0.4, -0.2) is 26.6 Å². The largest absolute Gasteiger partial charge is 0.480 e. The molecule has 1 fully saturated rings. The van der Waals surface area contributed by atoms with E-state index in [9.17, 15) is 14.7 Å². The Morgan fingerprint density at radius 2 is 1.66 bits per heavy atom. The molecule has 7 heteroatoms. The first-order valence-corrected chi connectivity index (χ1v) is 13.1. The highest BCUT2D eigenvalue weighted by atomic mass is 32.2. The monoisotopic (exact) mass is 492 g/mol. The molecule has 1 aliphatic carbocycles. The molecule has 0 spiro atoms. The molecule has 184 valence electrons. The van der Waals surface area contributed by atoms with Crippen molar-refractivity contribution in [3.8, 4) is 22.6 Å². The quantitative estimate of drug-likeness (QED) is 0.455. The number of aliphatic carboxylic acids is 1. The summed E-state index contributed by atoms with van der Waals surface area (Å²) in [6, 6.07) is 9.24. The molecular formula is C28H32N2O4S. The Kier molecular flexibility index (Phi) is 5.55. The number of carboxylic acids is 1. The lowest BCUT2D eigenvalue weighted by molar-refractivity contribution is -0.140. The highest BCUT2D eigenvalue weighted by Crippen LogP contribution is 2.50. The molecule has 0 saturated heterocycles. The smallest absolute Gasteiger partial charge is 0.327 e. The van der Waals surface area contributed by atoms with Crippen LogP contribution in [0.15, 0.2) is 44.7 Å². The van der Waals surface area contributed by atoms with Crippen molar-refractivity contribution in [1.82, 2.24) is 9.72 Å². The number of fused-ring (bicyclic) bond motifs is 1. The molecule has 1 saturated carbocycles. The van der Waals surface area contributed by atoms with E-state index in [1.54, 1.807) is 0 Å². The second-order valence-electron chi connectivity index (χ2n) is 11.8. The van der Waals surface area contributed by atoms with Crippen LogP contribution in [0, 0.1) is 0 Å². The molecule has 0 bridgehead atoms. The van der Waals surface area contributed by atoms with Crippen molar-refractivity contribution >= 4 is 17.7 Å². The maximum absolute atomic E-state index is 13.0. The molecule has 1 aromatic carbocycles. The van der Waals surface area contributed by atoms with E-state index in [0.717, 1.165) is 40.3 Å². The van der Waals surface area contributed by atoms with Crippen molar-refractivity contribution in [3.05, 3.63) is 57.4 Å². The number of benzene rings is 1. The summed E-state index contributed by atoms with van der Waals surface area (Å²) in [5.41, 5.74) is 5.61. The van der Waals surface area contributed by atoms with E-state index in [2.05, 4.69) is 64.9 Å². The molecule has 1 N–H and O–H groups in total. The van der Waals surface area contributed by atoms with E-state index < -0.39 is 12.0 Å². The summed E-state index contributed by atoms with van der Waals surface area (Å²) in [5.74, 6) is 0.269. The fraction of sp³-hybridized carbons (Fsp3) is 0.464. The van der Waals surface area contributed by atoms with Crippen molar-refractivity contribution in [2.75, 3.05) is 5.75 Å². The molecular weight excluding hydrogens is 460 g/mol. The lowest BCUT2D eigenvalue weighted by Crippen LogP contribution is -2.29. The second-order valence-corrected chi connectivity index (χ2v) is 12.8. The molecule has 0 radical (unpaired) electrons. The third kappa shape index (κ3) is 4.35. The lowest BCUT2D eigenvalue weighted by atomic mass is 9.79. The predicted octanol–water partition coefficient (Wildman–Crippen LogP) is 6.37. The third-order valence-electron chi connectivity index (χ3n) is 6.94. The molecule has 3 heterocycles. The average Bonchev–Trinajstić information content (AvgIpc) is 3.30. The molecule has 1 atom stereocenters. The highest BCUT2D eigenvalue weighted by Gasteiger charge is 2.38. The van der Waals surface area contributed by atoms with Gasteiger partial charge in [-0.1, -0.05) is 52.8 Å². The Morgan fingerprint density at radius 1 is 1.03 bits per heavy atom. The number of pyridine rings is 1. The summed E-state index contributed by atoms with van der Waals surface area (Å²) in [6.07, 6.45) is 2.06. The van der Waals surface area contributed by atoms with E-state index in [1.165, 1.54) is 33.5 Å². The fourth-order valence-corrected chi connectivity index (χ4v) is 6.02. The van der Waals surface area contributed by atoms with Gasteiger partial charge in [0.15, 0.2) is 5.76 Å². The van der Waals surface area contributed by atoms with Crippen molar-refractivity contribution in [2.45, 2.75) is 82.2 Å². The van der Waals surface area contributed by atoms with Crippen molar-refractivity contribution in [3.63, 3.8) is 0 Å². The Morgan fingerprint density at radius 3 is 2.20 bits per heavy atom. The Labute approximate surface area is 209 Å². The van der Waals surface area contributed by atoms with Gasteiger partial charge < -0.3 is 9.63 Å². The number of rotatable bonds is 4. The summed E-state index contributed by atoms with van der Waals surface area (Å²) in [5, 5.41) is 14.8. The van der Waals surface area contributed by atoms with Gasteiger partial charge in [0, 0.05) is 29.0 Å². The van der Waals surface area contributed by atoms with Crippen molar-refractivity contribution in [1.29, 1.82) is 0 Å². The molecule has 6 nitrogen and oxygen atoms in total. The van der Waals surface area contributed by atoms with E-state index >= 15 is 0 Å². The second kappa shape index (κ2) is 8.12. The number of nitrogens with zero attached hydrogens (tertiary/aromatic N) is 2. The van der Waals surface area contributed by atoms with Gasteiger partial charge in [-0.2, -0.15) is 0 Å². The number of thioether (sulfide) groups is 1. The van der Waals surface area contributed by atoms with Crippen LogP contribution in [0.3, 0.4) is 0 Å². The maximum Gasteiger partial charge on any atom is 0.327 e. The number of hydrogen-bond donors (Lipinski definition) is 1. The maximum atomic E-state index is 13.0. The first-order valence-electron chi connectivity index (χ1n) is 12.1. The van der Waals surface area contributed by atoms with Gasteiger partial charge in [-0.05, 0) is 58.4 Å². The van der Waals surface area contributed by atoms with Gasteiger partial charge in [0.2, 0.25) is 0 Å². The van der Waals surface area contributed by atoms with E-state index in [4.69, 9.17) is 4.52 Å². The van der Waals surface area contributed by atoms with Crippen LogP contribution in [0.25, 0.3) is 22.6 Å². The van der Waals surface area contributed by atoms with Gasteiger partial charge in [-0.3, -0.25) is 9.36 Å². The third-order valence-corrected chi connectivity index (χ3v) is 8.11. The normalized spacial score (nSPS) is 18.1. The van der Waals surface area contributed by atoms with E-state index in [-0.39, 0.29) is 16.4 Å². The zero-order valence-corrected chi connectivity index (χ0v) is 22.0. The molecule has 2 aromatic heterocycles. The zero-order valence-electron chi connectivity index (χ0n) is 21.1. The number of carbonyl (C=O) groups is 1. The van der Waals surface area contributed by atoms with E-state index in [1.807, 2.05) is 6.07 Å². The molecule has 1 aliphatic heterocycles.